The van der Waals surface area contributed by atoms with Crippen molar-refractivity contribution in [2.24, 2.45) is 0 Å². The first-order chi connectivity index (χ1) is 12.3. The lowest BCUT2D eigenvalue weighted by atomic mass is 10.2. The van der Waals surface area contributed by atoms with Crippen molar-refractivity contribution in [3.05, 3.63) is 48.3 Å². The summed E-state index contributed by atoms with van der Waals surface area (Å²) in [5.41, 5.74) is 0.597. The number of halogens is 3. The van der Waals surface area contributed by atoms with Crippen molar-refractivity contribution in [2.75, 3.05) is 13.7 Å². The van der Waals surface area contributed by atoms with Crippen molar-refractivity contribution >= 4 is 5.91 Å². The van der Waals surface area contributed by atoms with E-state index >= 15 is 0 Å². The van der Waals surface area contributed by atoms with E-state index < -0.39 is 30.7 Å². The van der Waals surface area contributed by atoms with Crippen LogP contribution in [-0.4, -0.2) is 31.0 Å². The second kappa shape index (κ2) is 8.41. The standard InChI is InChI=1S/C17H17F3N2O4/c1-11(13-8-7-12(24-2)9-21-13)22-16(23)10-25-14-5-3-4-6-15(14)26-17(18,19)20/h3-9,11H,10H2,1-2H3,(H,22,23)/t11-/m1/s1. The molecule has 6 nitrogen and oxygen atoms in total. The molecule has 0 fully saturated rings. The van der Waals surface area contributed by atoms with Crippen molar-refractivity contribution in [2.45, 2.75) is 19.3 Å². The number of nitrogens with one attached hydrogen (secondary N) is 1. The average Bonchev–Trinajstić information content (AvgIpc) is 2.59. The average molecular weight is 370 g/mol. The third kappa shape index (κ3) is 5.83. The molecule has 1 heterocycles. The van der Waals surface area contributed by atoms with Crippen LogP contribution in [0.1, 0.15) is 18.7 Å². The maximum atomic E-state index is 12.4. The van der Waals surface area contributed by atoms with Crippen LogP contribution in [-0.2, 0) is 4.79 Å². The number of amides is 1. The van der Waals surface area contributed by atoms with Crippen LogP contribution in [0.3, 0.4) is 0 Å². The van der Waals surface area contributed by atoms with Gasteiger partial charge in [0.15, 0.2) is 18.1 Å². The van der Waals surface area contributed by atoms with Crippen molar-refractivity contribution in [3.63, 3.8) is 0 Å². The minimum Gasteiger partial charge on any atom is -0.495 e. The summed E-state index contributed by atoms with van der Waals surface area (Å²) in [5, 5.41) is 2.64. The molecule has 2 rings (SSSR count). The predicted octanol–water partition coefficient (Wildman–Crippen LogP) is 3.25. The Balaban J connectivity index is 1.92. The van der Waals surface area contributed by atoms with Gasteiger partial charge in [-0.25, -0.2) is 0 Å². The molecule has 1 N–H and O–H groups in total. The van der Waals surface area contributed by atoms with Crippen LogP contribution in [0.4, 0.5) is 13.2 Å². The fourth-order valence-electron chi connectivity index (χ4n) is 2.05. The first kappa shape index (κ1) is 19.4. The lowest BCUT2D eigenvalue weighted by Gasteiger charge is -2.16. The highest BCUT2D eigenvalue weighted by Gasteiger charge is 2.32. The first-order valence-corrected chi connectivity index (χ1v) is 7.55. The van der Waals surface area contributed by atoms with Crippen LogP contribution in [0.2, 0.25) is 0 Å². The maximum absolute atomic E-state index is 12.4. The molecule has 0 spiro atoms. The van der Waals surface area contributed by atoms with Crippen molar-refractivity contribution in [1.82, 2.24) is 10.3 Å². The molecule has 1 aromatic heterocycles. The smallest absolute Gasteiger partial charge is 0.495 e. The molecule has 1 amide bonds. The molecule has 0 saturated heterocycles. The number of hydrogen-bond acceptors (Lipinski definition) is 5. The van der Waals surface area contributed by atoms with E-state index in [1.165, 1.54) is 31.5 Å². The molecule has 9 heteroatoms. The predicted molar refractivity (Wildman–Crippen MR) is 86.0 cm³/mol. The molecule has 0 aliphatic carbocycles. The zero-order chi connectivity index (χ0) is 19.2. The fraction of sp³-hybridized carbons (Fsp3) is 0.294. The Kier molecular flexibility index (Phi) is 6.26. The Morgan fingerprint density at radius 2 is 1.88 bits per heavy atom. The number of nitrogens with zero attached hydrogens (tertiary/aromatic N) is 1. The van der Waals surface area contributed by atoms with Gasteiger partial charge < -0.3 is 19.5 Å². The van der Waals surface area contributed by atoms with Gasteiger partial charge in [-0.3, -0.25) is 9.78 Å². The van der Waals surface area contributed by atoms with E-state index in [1.54, 1.807) is 19.1 Å². The summed E-state index contributed by atoms with van der Waals surface area (Å²) in [7, 11) is 1.51. The summed E-state index contributed by atoms with van der Waals surface area (Å²) in [6, 6.07) is 8.20. The summed E-state index contributed by atoms with van der Waals surface area (Å²) in [4.78, 5) is 16.1. The maximum Gasteiger partial charge on any atom is 0.573 e. The van der Waals surface area contributed by atoms with Crippen LogP contribution in [0.15, 0.2) is 42.6 Å². The summed E-state index contributed by atoms with van der Waals surface area (Å²) >= 11 is 0. The Morgan fingerprint density at radius 3 is 2.46 bits per heavy atom. The molecule has 0 unspecified atom stereocenters. The molecule has 1 aromatic carbocycles. The van der Waals surface area contributed by atoms with Gasteiger partial charge in [-0.1, -0.05) is 12.1 Å². The normalized spacial score (nSPS) is 12.2. The Labute approximate surface area is 147 Å². The van der Waals surface area contributed by atoms with Crippen molar-refractivity contribution < 1.29 is 32.2 Å². The zero-order valence-corrected chi connectivity index (χ0v) is 14.0. The minimum atomic E-state index is -4.85. The first-order valence-electron chi connectivity index (χ1n) is 7.55. The van der Waals surface area contributed by atoms with Crippen LogP contribution in [0, 0.1) is 0 Å². The van der Waals surface area contributed by atoms with Gasteiger partial charge >= 0.3 is 6.36 Å². The third-order valence-corrected chi connectivity index (χ3v) is 3.25. The third-order valence-electron chi connectivity index (χ3n) is 3.25. The van der Waals surface area contributed by atoms with Gasteiger partial charge in [0.05, 0.1) is 25.0 Å². The number of methoxy groups -OCH3 is 1. The van der Waals surface area contributed by atoms with E-state index in [4.69, 9.17) is 9.47 Å². The number of alkyl halides is 3. The van der Waals surface area contributed by atoms with E-state index in [2.05, 4.69) is 15.0 Å². The van der Waals surface area contributed by atoms with E-state index in [0.717, 1.165) is 6.07 Å². The molecule has 26 heavy (non-hydrogen) atoms. The lowest BCUT2D eigenvalue weighted by Crippen LogP contribution is -2.31. The number of carbonyl (C=O) groups excluding carboxylic acids is 1. The van der Waals surface area contributed by atoms with Crippen molar-refractivity contribution in [1.29, 1.82) is 0 Å². The number of para-hydroxylation sites is 2. The van der Waals surface area contributed by atoms with Crippen LogP contribution in [0.25, 0.3) is 0 Å². The number of aromatic nitrogens is 1. The summed E-state index contributed by atoms with van der Waals surface area (Å²) in [6.07, 6.45) is -3.34. The van der Waals surface area contributed by atoms with Gasteiger partial charge in [0, 0.05) is 0 Å². The van der Waals surface area contributed by atoms with E-state index in [-0.39, 0.29) is 5.75 Å². The van der Waals surface area contributed by atoms with Crippen LogP contribution >= 0.6 is 0 Å². The monoisotopic (exact) mass is 370 g/mol. The molecule has 1 atom stereocenters. The number of hydrogen-bond donors (Lipinski definition) is 1. The zero-order valence-electron chi connectivity index (χ0n) is 14.0. The highest BCUT2D eigenvalue weighted by atomic mass is 19.4. The molecule has 0 aliphatic rings. The quantitative estimate of drug-likeness (QED) is 0.810. The molecule has 140 valence electrons. The summed E-state index contributed by atoms with van der Waals surface area (Å²) in [6.45, 7) is 1.24. The fourth-order valence-corrected chi connectivity index (χ4v) is 2.05. The second-order valence-electron chi connectivity index (χ2n) is 5.20. The number of pyridine rings is 1. The largest absolute Gasteiger partial charge is 0.573 e. The highest BCUT2D eigenvalue weighted by Crippen LogP contribution is 2.31. The topological polar surface area (TPSA) is 69.7 Å². The van der Waals surface area contributed by atoms with Crippen LogP contribution < -0.4 is 19.5 Å². The molecule has 0 aliphatic heterocycles. The molecule has 0 bridgehead atoms. The second-order valence-corrected chi connectivity index (χ2v) is 5.20. The van der Waals surface area contributed by atoms with Crippen molar-refractivity contribution in [3.8, 4) is 17.2 Å². The van der Waals surface area contributed by atoms with E-state index in [0.29, 0.717) is 11.4 Å². The molecular formula is C17H17F3N2O4. The minimum absolute atomic E-state index is 0.185. The SMILES string of the molecule is COc1ccc([C@@H](C)NC(=O)COc2ccccc2OC(F)(F)F)nc1. The Morgan fingerprint density at radius 1 is 1.19 bits per heavy atom. The molecular weight excluding hydrogens is 353 g/mol. The van der Waals surface area contributed by atoms with E-state index in [9.17, 15) is 18.0 Å². The summed E-state index contributed by atoms with van der Waals surface area (Å²) < 4.78 is 51.1. The van der Waals surface area contributed by atoms with Gasteiger partial charge in [0.2, 0.25) is 0 Å². The number of carbonyl (C=O) groups is 1. The van der Waals surface area contributed by atoms with Gasteiger partial charge in [0.1, 0.15) is 5.75 Å². The number of ether oxygens (including phenoxy) is 3. The highest BCUT2D eigenvalue weighted by molar-refractivity contribution is 5.78. The lowest BCUT2D eigenvalue weighted by molar-refractivity contribution is -0.275. The Hall–Kier alpha value is -2.97. The van der Waals surface area contributed by atoms with Gasteiger partial charge in [-0.15, -0.1) is 13.2 Å². The van der Waals surface area contributed by atoms with Gasteiger partial charge in [-0.2, -0.15) is 0 Å². The number of rotatable bonds is 7. The molecule has 2 aromatic rings. The summed E-state index contributed by atoms with van der Waals surface area (Å²) in [5.74, 6) is -0.637. The van der Waals surface area contributed by atoms with E-state index in [1.807, 2.05) is 0 Å². The Bertz CT molecular complexity index is 736. The van der Waals surface area contributed by atoms with Crippen LogP contribution in [0.5, 0.6) is 17.2 Å². The molecule has 0 radical (unpaired) electrons. The van der Waals surface area contributed by atoms with Gasteiger partial charge in [0.25, 0.3) is 5.91 Å². The number of benzene rings is 1. The van der Waals surface area contributed by atoms with Gasteiger partial charge in [-0.05, 0) is 31.2 Å². The molecule has 0 saturated carbocycles.